The molecular weight excluding hydrogens is 359 g/mol. The molecule has 0 amide bonds. The van der Waals surface area contributed by atoms with E-state index in [0.29, 0.717) is 17.5 Å². The fraction of sp³-hybridized carbons (Fsp3) is 0.444. The highest BCUT2D eigenvalue weighted by Gasteiger charge is 2.36. The van der Waals surface area contributed by atoms with Gasteiger partial charge in [-0.1, -0.05) is 6.07 Å². The van der Waals surface area contributed by atoms with Crippen LogP contribution in [-0.4, -0.2) is 35.1 Å². The Hall–Kier alpha value is -2.55. The SMILES string of the molecule is CNc1nc(Nc2ccc3c(c2OC)CN(C2CC2)C3)ncc1C(F)(F)F. The van der Waals surface area contributed by atoms with Gasteiger partial charge < -0.3 is 15.4 Å². The van der Waals surface area contributed by atoms with E-state index >= 15 is 0 Å². The molecule has 0 unspecified atom stereocenters. The average Bonchev–Trinajstić information content (AvgIpc) is 3.39. The largest absolute Gasteiger partial charge is 0.494 e. The number of hydrogen-bond donors (Lipinski definition) is 2. The summed E-state index contributed by atoms with van der Waals surface area (Å²) in [5.74, 6) is 0.479. The summed E-state index contributed by atoms with van der Waals surface area (Å²) in [6, 6.07) is 4.52. The topological polar surface area (TPSA) is 62.3 Å². The number of halogens is 3. The molecule has 2 heterocycles. The first-order valence-electron chi connectivity index (χ1n) is 8.72. The number of benzene rings is 1. The minimum Gasteiger partial charge on any atom is -0.494 e. The van der Waals surface area contributed by atoms with Crippen molar-refractivity contribution in [2.45, 2.75) is 38.1 Å². The first-order chi connectivity index (χ1) is 12.9. The van der Waals surface area contributed by atoms with Crippen molar-refractivity contribution >= 4 is 17.5 Å². The van der Waals surface area contributed by atoms with E-state index in [2.05, 4.69) is 25.5 Å². The summed E-state index contributed by atoms with van der Waals surface area (Å²) < 4.78 is 44.6. The van der Waals surface area contributed by atoms with Crippen molar-refractivity contribution in [1.82, 2.24) is 14.9 Å². The zero-order valence-corrected chi connectivity index (χ0v) is 15.0. The number of hydrogen-bond acceptors (Lipinski definition) is 6. The van der Waals surface area contributed by atoms with Gasteiger partial charge in [0.2, 0.25) is 5.95 Å². The monoisotopic (exact) mass is 379 g/mol. The lowest BCUT2D eigenvalue weighted by Crippen LogP contribution is -2.18. The Morgan fingerprint density at radius 2 is 2.00 bits per heavy atom. The Kier molecular flexibility index (Phi) is 4.33. The minimum absolute atomic E-state index is 0.0719. The average molecular weight is 379 g/mol. The summed E-state index contributed by atoms with van der Waals surface area (Å²) in [6.45, 7) is 1.71. The fourth-order valence-corrected chi connectivity index (χ4v) is 3.46. The molecule has 1 aliphatic heterocycles. The molecule has 0 saturated heterocycles. The Labute approximate surface area is 154 Å². The smallest absolute Gasteiger partial charge is 0.421 e. The standard InChI is InChI=1S/C18H20F3N5O/c1-22-16-13(18(19,20)21)7-23-17(25-16)24-14-6-3-10-8-26(11-4-5-11)9-12(10)15(14)27-2/h3,6-7,11H,4-5,8-9H2,1-2H3,(H2,22,23,24,25). The molecule has 2 aliphatic rings. The Morgan fingerprint density at radius 1 is 1.22 bits per heavy atom. The van der Waals surface area contributed by atoms with Crippen molar-refractivity contribution in [2.75, 3.05) is 24.8 Å². The maximum atomic E-state index is 13.0. The van der Waals surface area contributed by atoms with Gasteiger partial charge in [-0.25, -0.2) is 4.98 Å². The van der Waals surface area contributed by atoms with Crippen LogP contribution in [0.3, 0.4) is 0 Å². The zero-order valence-electron chi connectivity index (χ0n) is 15.0. The van der Waals surface area contributed by atoms with Crippen molar-refractivity contribution in [3.63, 3.8) is 0 Å². The van der Waals surface area contributed by atoms with E-state index in [0.717, 1.165) is 24.8 Å². The van der Waals surface area contributed by atoms with E-state index < -0.39 is 11.7 Å². The maximum absolute atomic E-state index is 13.0. The molecule has 0 spiro atoms. The quantitative estimate of drug-likeness (QED) is 0.825. The number of alkyl halides is 3. The Bertz CT molecular complexity index is 867. The van der Waals surface area contributed by atoms with Crippen molar-refractivity contribution in [2.24, 2.45) is 0 Å². The number of rotatable bonds is 5. The van der Waals surface area contributed by atoms with Crippen molar-refractivity contribution in [3.8, 4) is 5.75 Å². The molecular formula is C18H20F3N5O. The summed E-state index contributed by atoms with van der Waals surface area (Å²) in [6.07, 6.45) is -1.29. The molecule has 1 aliphatic carbocycles. The normalized spacial score (nSPS) is 16.9. The highest BCUT2D eigenvalue weighted by molar-refractivity contribution is 5.68. The molecule has 1 fully saturated rings. The van der Waals surface area contributed by atoms with Gasteiger partial charge in [-0.2, -0.15) is 18.2 Å². The van der Waals surface area contributed by atoms with Gasteiger partial charge in [0, 0.05) is 37.9 Å². The van der Waals surface area contributed by atoms with Crippen LogP contribution in [0.1, 0.15) is 29.5 Å². The van der Waals surface area contributed by atoms with Crippen LogP contribution in [0, 0.1) is 0 Å². The molecule has 2 N–H and O–H groups in total. The van der Waals surface area contributed by atoms with Crippen molar-refractivity contribution < 1.29 is 17.9 Å². The van der Waals surface area contributed by atoms with E-state index in [1.54, 1.807) is 7.11 Å². The number of aromatic nitrogens is 2. The molecule has 6 nitrogen and oxygen atoms in total. The number of nitrogens with one attached hydrogen (secondary N) is 2. The number of anilines is 3. The molecule has 1 aromatic carbocycles. The van der Waals surface area contributed by atoms with Crippen LogP contribution in [0.4, 0.5) is 30.6 Å². The van der Waals surface area contributed by atoms with Gasteiger partial charge in [0.15, 0.2) is 0 Å². The van der Waals surface area contributed by atoms with Crippen LogP contribution in [0.5, 0.6) is 5.75 Å². The van der Waals surface area contributed by atoms with Crippen LogP contribution in [0.15, 0.2) is 18.3 Å². The Balaban J connectivity index is 1.63. The summed E-state index contributed by atoms with van der Waals surface area (Å²) in [5, 5.41) is 5.47. The Morgan fingerprint density at radius 3 is 2.63 bits per heavy atom. The number of fused-ring (bicyclic) bond motifs is 1. The van der Waals surface area contributed by atoms with Crippen molar-refractivity contribution in [1.29, 1.82) is 0 Å². The zero-order chi connectivity index (χ0) is 19.2. The predicted molar refractivity (Wildman–Crippen MR) is 95.1 cm³/mol. The van der Waals surface area contributed by atoms with Gasteiger partial charge in [-0.15, -0.1) is 0 Å². The van der Waals surface area contributed by atoms with Gasteiger partial charge in [-0.3, -0.25) is 4.90 Å². The molecule has 9 heteroatoms. The van der Waals surface area contributed by atoms with Gasteiger partial charge in [0.05, 0.1) is 12.8 Å². The second-order valence-corrected chi connectivity index (χ2v) is 6.75. The molecule has 2 aromatic rings. The van der Waals surface area contributed by atoms with Gasteiger partial charge in [0.25, 0.3) is 0 Å². The second-order valence-electron chi connectivity index (χ2n) is 6.75. The van der Waals surface area contributed by atoms with Crippen LogP contribution in [-0.2, 0) is 19.3 Å². The van der Waals surface area contributed by atoms with E-state index in [1.807, 2.05) is 12.1 Å². The predicted octanol–water partition coefficient (Wildman–Crippen LogP) is 3.77. The summed E-state index contributed by atoms with van der Waals surface area (Å²) in [7, 11) is 2.98. The summed E-state index contributed by atoms with van der Waals surface area (Å²) >= 11 is 0. The third-order valence-corrected chi connectivity index (χ3v) is 4.94. The van der Waals surface area contributed by atoms with E-state index in [9.17, 15) is 13.2 Å². The fourth-order valence-electron chi connectivity index (χ4n) is 3.46. The van der Waals surface area contributed by atoms with E-state index in [4.69, 9.17) is 4.74 Å². The molecule has 1 aromatic heterocycles. The lowest BCUT2D eigenvalue weighted by molar-refractivity contribution is -0.137. The third-order valence-electron chi connectivity index (χ3n) is 4.94. The summed E-state index contributed by atoms with van der Waals surface area (Å²) in [4.78, 5) is 10.2. The van der Waals surface area contributed by atoms with Crippen LogP contribution in [0.2, 0.25) is 0 Å². The second kappa shape index (κ2) is 6.56. The van der Waals surface area contributed by atoms with Gasteiger partial charge in [0.1, 0.15) is 17.1 Å². The summed E-state index contributed by atoms with van der Waals surface area (Å²) in [5.41, 5.74) is 2.05. The molecule has 144 valence electrons. The van der Waals surface area contributed by atoms with Crippen molar-refractivity contribution in [3.05, 3.63) is 35.0 Å². The lowest BCUT2D eigenvalue weighted by Gasteiger charge is -2.16. The molecule has 0 atom stereocenters. The molecule has 4 rings (SSSR count). The lowest BCUT2D eigenvalue weighted by atomic mass is 10.1. The minimum atomic E-state index is -4.52. The van der Waals surface area contributed by atoms with Crippen LogP contribution >= 0.6 is 0 Å². The third kappa shape index (κ3) is 3.39. The van der Waals surface area contributed by atoms with E-state index in [-0.39, 0.29) is 11.8 Å². The van der Waals surface area contributed by atoms with Crippen LogP contribution in [0.25, 0.3) is 0 Å². The van der Waals surface area contributed by atoms with Gasteiger partial charge >= 0.3 is 6.18 Å². The first kappa shape index (κ1) is 17.8. The number of nitrogens with zero attached hydrogens (tertiary/aromatic N) is 3. The number of methoxy groups -OCH3 is 1. The van der Waals surface area contributed by atoms with Crippen LogP contribution < -0.4 is 15.4 Å². The molecule has 0 bridgehead atoms. The molecule has 27 heavy (non-hydrogen) atoms. The van der Waals surface area contributed by atoms with E-state index in [1.165, 1.54) is 25.5 Å². The molecule has 1 saturated carbocycles. The maximum Gasteiger partial charge on any atom is 0.421 e. The highest BCUT2D eigenvalue weighted by atomic mass is 19.4. The first-order valence-corrected chi connectivity index (χ1v) is 8.72. The molecule has 0 radical (unpaired) electrons. The van der Waals surface area contributed by atoms with Gasteiger partial charge in [-0.05, 0) is 24.5 Å². The number of ether oxygens (including phenoxy) is 1. The highest BCUT2D eigenvalue weighted by Crippen LogP contribution is 2.42.